The average molecular weight is 383 g/mol. The quantitative estimate of drug-likeness (QED) is 0.829. The van der Waals surface area contributed by atoms with Gasteiger partial charge >= 0.3 is 0 Å². The molecule has 0 unspecified atom stereocenters. The fraction of sp³-hybridized carbons (Fsp3) is 0.471. The molecule has 0 spiro atoms. The zero-order valence-electron chi connectivity index (χ0n) is 14.3. The summed E-state index contributed by atoms with van der Waals surface area (Å²) < 4.78 is 5.61. The Bertz CT molecular complexity index is 708. The van der Waals surface area contributed by atoms with E-state index in [2.05, 4.69) is 41.5 Å². The van der Waals surface area contributed by atoms with E-state index in [0.29, 0.717) is 18.1 Å². The van der Waals surface area contributed by atoms with E-state index in [1.807, 2.05) is 18.2 Å². The molecule has 2 atom stereocenters. The molecule has 6 nitrogen and oxygen atoms in total. The van der Waals surface area contributed by atoms with Crippen molar-refractivity contribution in [1.29, 1.82) is 0 Å². The molecule has 3 N–H and O–H groups in total. The Kier molecular flexibility index (Phi) is 6.51. The van der Waals surface area contributed by atoms with E-state index < -0.39 is 6.10 Å². The maximum absolute atomic E-state index is 12.3. The summed E-state index contributed by atoms with van der Waals surface area (Å²) in [7, 11) is 0. The Morgan fingerprint density at radius 1 is 1.32 bits per heavy atom. The normalized spacial score (nSPS) is 20.1. The number of hydrogen-bond acceptors (Lipinski definition) is 6. The van der Waals surface area contributed by atoms with E-state index in [1.54, 1.807) is 0 Å². The molecule has 1 amide bonds. The first kappa shape index (κ1) is 19.8. The zero-order valence-corrected chi connectivity index (χ0v) is 15.9. The lowest BCUT2D eigenvalue weighted by Crippen LogP contribution is -2.29. The third kappa shape index (κ3) is 4.36. The summed E-state index contributed by atoms with van der Waals surface area (Å²) in [4.78, 5) is 12.3. The first-order valence-electron chi connectivity index (χ1n) is 8.06. The Balaban J connectivity index is 0.00000225. The summed E-state index contributed by atoms with van der Waals surface area (Å²) in [5, 5.41) is 12.6. The van der Waals surface area contributed by atoms with Crippen LogP contribution in [-0.2, 0) is 14.9 Å². The number of anilines is 1. The number of carbonyl (C=O) groups is 1. The van der Waals surface area contributed by atoms with Crippen LogP contribution < -0.4 is 11.1 Å². The lowest BCUT2D eigenvalue weighted by atomic mass is 9.85. The molecular weight excluding hydrogens is 360 g/mol. The molecule has 0 bridgehead atoms. The van der Waals surface area contributed by atoms with Crippen molar-refractivity contribution in [1.82, 2.24) is 10.2 Å². The van der Waals surface area contributed by atoms with Crippen molar-refractivity contribution in [3.05, 3.63) is 40.9 Å². The highest BCUT2D eigenvalue weighted by atomic mass is 35.5. The third-order valence-corrected chi connectivity index (χ3v) is 5.51. The van der Waals surface area contributed by atoms with Crippen LogP contribution in [0.25, 0.3) is 0 Å². The maximum Gasteiger partial charge on any atom is 0.255 e. The molecule has 1 aliphatic heterocycles. The highest BCUT2D eigenvalue weighted by Gasteiger charge is 2.31. The molecule has 3 rings (SSSR count). The minimum absolute atomic E-state index is 0. The number of nitrogens with zero attached hydrogens (tertiary/aromatic N) is 2. The van der Waals surface area contributed by atoms with Crippen LogP contribution in [0.15, 0.2) is 30.3 Å². The molecule has 1 aromatic carbocycles. The van der Waals surface area contributed by atoms with E-state index in [-0.39, 0.29) is 29.8 Å². The number of benzene rings is 1. The number of amides is 1. The molecule has 136 valence electrons. The molecule has 2 heterocycles. The van der Waals surface area contributed by atoms with Crippen LogP contribution in [0.4, 0.5) is 5.13 Å². The second-order valence-corrected chi connectivity index (χ2v) is 7.43. The molecule has 0 aliphatic carbocycles. The molecule has 25 heavy (non-hydrogen) atoms. The number of aromatic nitrogens is 2. The number of nitrogens with two attached hydrogens (primary N) is 1. The van der Waals surface area contributed by atoms with Gasteiger partial charge in [-0.3, -0.25) is 10.1 Å². The Morgan fingerprint density at radius 3 is 2.68 bits per heavy atom. The highest BCUT2D eigenvalue weighted by Crippen LogP contribution is 2.34. The van der Waals surface area contributed by atoms with Crippen molar-refractivity contribution >= 4 is 34.8 Å². The van der Waals surface area contributed by atoms with Crippen LogP contribution in [0.2, 0.25) is 0 Å². The number of ether oxygens (including phenoxy) is 1. The molecular formula is C17H23ClN4O2S. The maximum atomic E-state index is 12.3. The van der Waals surface area contributed by atoms with Crippen LogP contribution in [0, 0.1) is 0 Å². The van der Waals surface area contributed by atoms with Crippen LogP contribution in [0.3, 0.4) is 0 Å². The second kappa shape index (κ2) is 8.23. The largest absolute Gasteiger partial charge is 0.364 e. The van der Waals surface area contributed by atoms with E-state index in [1.165, 1.54) is 11.3 Å². The average Bonchev–Trinajstić information content (AvgIpc) is 3.25. The van der Waals surface area contributed by atoms with Gasteiger partial charge in [-0.05, 0) is 32.3 Å². The van der Waals surface area contributed by atoms with E-state index in [4.69, 9.17) is 10.5 Å². The number of carbonyl (C=O) groups excluding carboxylic acids is 1. The monoisotopic (exact) mass is 382 g/mol. The molecule has 1 saturated heterocycles. The van der Waals surface area contributed by atoms with Gasteiger partial charge in [0.15, 0.2) is 0 Å². The Morgan fingerprint density at radius 2 is 2.04 bits per heavy atom. The van der Waals surface area contributed by atoms with Gasteiger partial charge in [0.05, 0.1) is 6.10 Å². The van der Waals surface area contributed by atoms with Gasteiger partial charge in [-0.1, -0.05) is 41.7 Å². The van der Waals surface area contributed by atoms with E-state index >= 15 is 0 Å². The molecule has 0 radical (unpaired) electrons. The smallest absolute Gasteiger partial charge is 0.255 e. The molecule has 1 fully saturated rings. The predicted molar refractivity (Wildman–Crippen MR) is 101 cm³/mol. The fourth-order valence-corrected chi connectivity index (χ4v) is 3.63. The van der Waals surface area contributed by atoms with Crippen molar-refractivity contribution in [2.75, 3.05) is 11.9 Å². The lowest BCUT2D eigenvalue weighted by Gasteiger charge is -2.21. The summed E-state index contributed by atoms with van der Waals surface area (Å²) in [6.45, 7) is 4.64. The third-order valence-electron chi connectivity index (χ3n) is 4.35. The summed E-state index contributed by atoms with van der Waals surface area (Å²) >= 11 is 1.39. The van der Waals surface area contributed by atoms with Gasteiger partial charge in [0.25, 0.3) is 5.91 Å². The van der Waals surface area contributed by atoms with Gasteiger partial charge < -0.3 is 10.5 Å². The number of halogens is 1. The highest BCUT2D eigenvalue weighted by molar-refractivity contribution is 7.15. The van der Waals surface area contributed by atoms with Crippen LogP contribution >= 0.6 is 23.7 Å². The Hall–Kier alpha value is -1.54. The topological polar surface area (TPSA) is 90.1 Å². The number of hydrogen-bond donors (Lipinski definition) is 2. The van der Waals surface area contributed by atoms with Gasteiger partial charge in [-0.25, -0.2) is 0 Å². The van der Waals surface area contributed by atoms with Gasteiger partial charge in [-0.2, -0.15) is 0 Å². The molecule has 2 aromatic rings. The minimum Gasteiger partial charge on any atom is -0.364 e. The second-order valence-electron chi connectivity index (χ2n) is 6.45. The summed E-state index contributed by atoms with van der Waals surface area (Å²) in [6.07, 6.45) is 1.03. The van der Waals surface area contributed by atoms with Crippen molar-refractivity contribution in [2.45, 2.75) is 44.3 Å². The van der Waals surface area contributed by atoms with E-state index in [9.17, 15) is 4.79 Å². The van der Waals surface area contributed by atoms with Crippen molar-refractivity contribution in [3.8, 4) is 0 Å². The number of rotatable bonds is 5. The van der Waals surface area contributed by atoms with E-state index in [0.717, 1.165) is 17.0 Å². The van der Waals surface area contributed by atoms with Crippen LogP contribution in [0.1, 0.15) is 37.3 Å². The first-order valence-corrected chi connectivity index (χ1v) is 8.88. The van der Waals surface area contributed by atoms with Crippen molar-refractivity contribution in [3.63, 3.8) is 0 Å². The Labute approximate surface area is 157 Å². The first-order chi connectivity index (χ1) is 11.5. The molecule has 1 aliphatic rings. The standard InChI is InChI=1S/C17H22N4O2S.ClH/c1-17(2,11-6-4-3-5-7-11)15-20-21-16(24-15)19-14(22)13-9-8-12(10-18)23-13;/h3-7,12-13H,8-10,18H2,1-2H3,(H,19,21,22);1H/t12-,13+;/m1./s1. The van der Waals surface area contributed by atoms with Gasteiger partial charge in [0.1, 0.15) is 11.1 Å². The van der Waals surface area contributed by atoms with Crippen molar-refractivity contribution in [2.24, 2.45) is 5.73 Å². The molecule has 0 saturated carbocycles. The summed E-state index contributed by atoms with van der Waals surface area (Å²) in [5.41, 5.74) is 6.47. The zero-order chi connectivity index (χ0) is 17.2. The summed E-state index contributed by atoms with van der Waals surface area (Å²) in [5.74, 6) is -0.175. The minimum atomic E-state index is -0.451. The molecule has 1 aromatic heterocycles. The predicted octanol–water partition coefficient (Wildman–Crippen LogP) is 2.73. The van der Waals surface area contributed by atoms with Crippen LogP contribution in [0.5, 0.6) is 0 Å². The van der Waals surface area contributed by atoms with Gasteiger partial charge in [0, 0.05) is 12.0 Å². The fourth-order valence-electron chi connectivity index (χ4n) is 2.76. The van der Waals surface area contributed by atoms with Gasteiger partial charge in [-0.15, -0.1) is 22.6 Å². The summed E-state index contributed by atoms with van der Waals surface area (Å²) in [6, 6.07) is 10.1. The van der Waals surface area contributed by atoms with Crippen molar-refractivity contribution < 1.29 is 9.53 Å². The number of nitrogens with one attached hydrogen (secondary N) is 1. The lowest BCUT2D eigenvalue weighted by molar-refractivity contribution is -0.126. The SMILES string of the molecule is CC(C)(c1ccccc1)c1nnc(NC(=O)[C@@H]2CC[C@H](CN)O2)s1.Cl. The van der Waals surface area contributed by atoms with Gasteiger partial charge in [0.2, 0.25) is 5.13 Å². The van der Waals surface area contributed by atoms with Crippen LogP contribution in [-0.4, -0.2) is 34.9 Å². The molecule has 8 heteroatoms.